The van der Waals surface area contributed by atoms with Crippen LogP contribution >= 0.6 is 0 Å². The third-order valence-corrected chi connectivity index (χ3v) is 5.76. The van der Waals surface area contributed by atoms with Gasteiger partial charge < -0.3 is 15.2 Å². The van der Waals surface area contributed by atoms with Gasteiger partial charge >= 0.3 is 11.9 Å². The van der Waals surface area contributed by atoms with Crippen molar-refractivity contribution in [2.45, 2.75) is 25.0 Å². The number of esters is 1. The number of hydrogen-bond acceptors (Lipinski definition) is 5. The van der Waals surface area contributed by atoms with Crippen LogP contribution in [-0.4, -0.2) is 47.7 Å². The summed E-state index contributed by atoms with van der Waals surface area (Å²) < 4.78 is 20.3. The van der Waals surface area contributed by atoms with Crippen molar-refractivity contribution in [1.29, 1.82) is 0 Å². The van der Waals surface area contributed by atoms with Crippen LogP contribution in [0.15, 0.2) is 48.5 Å². The summed E-state index contributed by atoms with van der Waals surface area (Å²) in [6.07, 6.45) is 1.83. The van der Waals surface area contributed by atoms with E-state index in [1.807, 2.05) is 0 Å². The third-order valence-electron chi connectivity index (χ3n) is 5.76. The minimum absolute atomic E-state index is 0.132. The summed E-state index contributed by atoms with van der Waals surface area (Å²) in [6, 6.07) is 11.0. The van der Waals surface area contributed by atoms with E-state index in [9.17, 15) is 14.0 Å². The lowest BCUT2D eigenvalue weighted by Crippen LogP contribution is -2.52. The molecule has 3 heterocycles. The summed E-state index contributed by atoms with van der Waals surface area (Å²) in [5.41, 5.74) is 0.836. The van der Waals surface area contributed by atoms with Gasteiger partial charge in [0.1, 0.15) is 11.9 Å². The van der Waals surface area contributed by atoms with E-state index in [-0.39, 0.29) is 17.2 Å². The average Bonchev–Trinajstić information content (AvgIpc) is 2.74. The topological polar surface area (TPSA) is 78.9 Å². The number of benzene rings is 2. The average molecular weight is 398 g/mol. The molecule has 0 aromatic heterocycles. The monoisotopic (exact) mass is 398 g/mol. The Morgan fingerprint density at radius 2 is 1.79 bits per heavy atom. The SMILES string of the molecule is O=C(O)c1ccc(NC(C(=O)O[C@H]2CN3CCC2CC3)c2ccccc2F)cc1. The highest BCUT2D eigenvalue weighted by atomic mass is 19.1. The summed E-state index contributed by atoms with van der Waals surface area (Å²) in [7, 11) is 0. The molecule has 6 nitrogen and oxygen atoms in total. The molecule has 0 radical (unpaired) electrons. The van der Waals surface area contributed by atoms with E-state index in [1.54, 1.807) is 30.3 Å². The Labute approximate surface area is 168 Å². The van der Waals surface area contributed by atoms with E-state index in [0.29, 0.717) is 18.2 Å². The van der Waals surface area contributed by atoms with Crippen LogP contribution in [0.4, 0.5) is 10.1 Å². The second kappa shape index (κ2) is 8.21. The zero-order valence-electron chi connectivity index (χ0n) is 15.9. The van der Waals surface area contributed by atoms with Crippen molar-refractivity contribution in [3.05, 3.63) is 65.5 Å². The van der Waals surface area contributed by atoms with Gasteiger partial charge in [-0.2, -0.15) is 0 Å². The molecule has 29 heavy (non-hydrogen) atoms. The van der Waals surface area contributed by atoms with E-state index >= 15 is 0 Å². The maximum absolute atomic E-state index is 14.5. The van der Waals surface area contributed by atoms with Crippen LogP contribution in [0.5, 0.6) is 0 Å². The molecule has 152 valence electrons. The quantitative estimate of drug-likeness (QED) is 0.727. The molecule has 3 saturated heterocycles. The van der Waals surface area contributed by atoms with Crippen LogP contribution < -0.4 is 5.32 Å². The smallest absolute Gasteiger partial charge is 0.335 e. The molecule has 7 heteroatoms. The molecule has 5 rings (SSSR count). The zero-order valence-corrected chi connectivity index (χ0v) is 15.9. The predicted octanol–water partition coefficient (Wildman–Crippen LogP) is 3.31. The first-order chi connectivity index (χ1) is 14.0. The normalized spacial score (nSPS) is 24.0. The molecule has 0 spiro atoms. The first kappa shape index (κ1) is 19.4. The number of carboxylic acids is 1. The summed E-state index contributed by atoms with van der Waals surface area (Å²) >= 11 is 0. The second-order valence-electron chi connectivity index (χ2n) is 7.59. The lowest BCUT2D eigenvalue weighted by Gasteiger charge is -2.44. The van der Waals surface area contributed by atoms with Crippen molar-refractivity contribution in [3.63, 3.8) is 0 Å². The number of fused-ring (bicyclic) bond motifs is 3. The minimum Gasteiger partial charge on any atom is -0.478 e. The van der Waals surface area contributed by atoms with Crippen LogP contribution in [-0.2, 0) is 9.53 Å². The molecule has 3 aliphatic heterocycles. The maximum Gasteiger partial charge on any atom is 0.335 e. The van der Waals surface area contributed by atoms with Crippen molar-refractivity contribution in [3.8, 4) is 0 Å². The number of hydrogen-bond donors (Lipinski definition) is 2. The van der Waals surface area contributed by atoms with Crippen molar-refractivity contribution >= 4 is 17.6 Å². The Hall–Kier alpha value is -2.93. The van der Waals surface area contributed by atoms with E-state index < -0.39 is 23.8 Å². The molecule has 0 aliphatic carbocycles. The van der Waals surface area contributed by atoms with Crippen LogP contribution in [0.25, 0.3) is 0 Å². The molecule has 2 aromatic rings. The van der Waals surface area contributed by atoms with Gasteiger partial charge in [0.05, 0.1) is 5.56 Å². The van der Waals surface area contributed by atoms with E-state index in [0.717, 1.165) is 25.9 Å². The first-order valence-corrected chi connectivity index (χ1v) is 9.78. The van der Waals surface area contributed by atoms with Gasteiger partial charge in [0, 0.05) is 17.8 Å². The Bertz CT molecular complexity index is 894. The Balaban J connectivity index is 1.56. The highest BCUT2D eigenvalue weighted by Crippen LogP contribution is 2.31. The fourth-order valence-electron chi connectivity index (χ4n) is 4.11. The fraction of sp³-hybridized carbons (Fsp3) is 0.364. The first-order valence-electron chi connectivity index (χ1n) is 9.78. The Morgan fingerprint density at radius 1 is 1.10 bits per heavy atom. The number of nitrogens with one attached hydrogen (secondary N) is 1. The maximum atomic E-state index is 14.5. The van der Waals surface area contributed by atoms with E-state index in [4.69, 9.17) is 9.84 Å². The van der Waals surface area contributed by atoms with Gasteiger partial charge in [-0.3, -0.25) is 4.90 Å². The number of piperidine rings is 3. The molecule has 3 fully saturated rings. The summed E-state index contributed by atoms with van der Waals surface area (Å²) in [5.74, 6) is -1.72. The Morgan fingerprint density at radius 3 is 2.38 bits per heavy atom. The lowest BCUT2D eigenvalue weighted by molar-refractivity contribution is -0.160. The van der Waals surface area contributed by atoms with E-state index in [1.165, 1.54) is 18.2 Å². The predicted molar refractivity (Wildman–Crippen MR) is 105 cm³/mol. The molecule has 2 aromatic carbocycles. The summed E-state index contributed by atoms with van der Waals surface area (Å²) in [4.78, 5) is 26.4. The molecular weight excluding hydrogens is 375 g/mol. The summed E-state index contributed by atoms with van der Waals surface area (Å²) in [6.45, 7) is 2.78. The third kappa shape index (κ3) is 4.24. The highest BCUT2D eigenvalue weighted by Gasteiger charge is 2.38. The number of carbonyl (C=O) groups excluding carboxylic acids is 1. The number of nitrogens with zero attached hydrogens (tertiary/aromatic N) is 1. The second-order valence-corrected chi connectivity index (χ2v) is 7.59. The molecule has 0 saturated carbocycles. The van der Waals surface area contributed by atoms with Gasteiger partial charge in [-0.05, 0) is 62.2 Å². The van der Waals surface area contributed by atoms with Crippen LogP contribution in [0.1, 0.15) is 34.8 Å². The standard InChI is InChI=1S/C22H23FN2O4/c23-18-4-2-1-3-17(18)20(24-16-7-5-15(6-8-16)21(26)27)22(28)29-19-13-25-11-9-14(19)10-12-25/h1-8,14,19-20,24H,9-13H2,(H,26,27)/t19-,20?/m0/s1. The van der Waals surface area contributed by atoms with Crippen molar-refractivity contribution in [2.75, 3.05) is 25.0 Å². The van der Waals surface area contributed by atoms with Crippen LogP contribution in [0, 0.1) is 11.7 Å². The van der Waals surface area contributed by atoms with Crippen molar-refractivity contribution < 1.29 is 23.8 Å². The molecule has 2 N–H and O–H groups in total. The number of carboxylic acid groups (broad SMARTS) is 1. The van der Waals surface area contributed by atoms with Gasteiger partial charge in [0.2, 0.25) is 0 Å². The molecule has 2 bridgehead atoms. The van der Waals surface area contributed by atoms with Crippen LogP contribution in [0.3, 0.4) is 0 Å². The van der Waals surface area contributed by atoms with Crippen LogP contribution in [0.2, 0.25) is 0 Å². The van der Waals surface area contributed by atoms with Crippen molar-refractivity contribution in [2.24, 2.45) is 5.92 Å². The number of ether oxygens (including phenoxy) is 1. The van der Waals surface area contributed by atoms with Gasteiger partial charge in [-0.15, -0.1) is 0 Å². The molecule has 0 amide bonds. The van der Waals surface area contributed by atoms with Crippen molar-refractivity contribution in [1.82, 2.24) is 4.90 Å². The largest absolute Gasteiger partial charge is 0.478 e. The number of rotatable bonds is 6. The summed E-state index contributed by atoms with van der Waals surface area (Å²) in [5, 5.41) is 12.1. The number of aromatic carboxylic acids is 1. The number of halogens is 1. The van der Waals surface area contributed by atoms with E-state index in [2.05, 4.69) is 10.2 Å². The molecule has 3 aliphatic rings. The molecular formula is C22H23FN2O4. The Kier molecular flexibility index (Phi) is 5.49. The number of carbonyl (C=O) groups is 2. The highest BCUT2D eigenvalue weighted by molar-refractivity contribution is 5.88. The molecule has 2 atom stereocenters. The number of anilines is 1. The minimum atomic E-state index is -1.04. The van der Waals surface area contributed by atoms with Gasteiger partial charge in [-0.25, -0.2) is 14.0 Å². The fourth-order valence-corrected chi connectivity index (χ4v) is 4.11. The molecule has 1 unspecified atom stereocenters. The zero-order chi connectivity index (χ0) is 20.4. The van der Waals surface area contributed by atoms with Gasteiger partial charge in [-0.1, -0.05) is 18.2 Å². The van der Waals surface area contributed by atoms with Gasteiger partial charge in [0.25, 0.3) is 0 Å². The lowest BCUT2D eigenvalue weighted by atomic mass is 9.86. The van der Waals surface area contributed by atoms with Gasteiger partial charge in [0.15, 0.2) is 6.04 Å².